The van der Waals surface area contributed by atoms with Crippen LogP contribution >= 0.6 is 0 Å². The van der Waals surface area contributed by atoms with Gasteiger partial charge >= 0.3 is 12.0 Å². The van der Waals surface area contributed by atoms with Crippen LogP contribution in [0.5, 0.6) is 0 Å². The molecule has 104 valence electrons. The third-order valence-corrected chi connectivity index (χ3v) is 2.11. The number of primary amides is 1. The van der Waals surface area contributed by atoms with Crippen molar-refractivity contribution in [2.24, 2.45) is 5.73 Å². The van der Waals surface area contributed by atoms with Crippen LogP contribution in [0.2, 0.25) is 0 Å². The fraction of sp³-hybridized carbons (Fsp3) is 0.727. The van der Waals surface area contributed by atoms with Gasteiger partial charge in [-0.25, -0.2) is 4.79 Å². The monoisotopic (exact) mass is 259 g/mol. The maximum atomic E-state index is 11.7. The van der Waals surface area contributed by atoms with E-state index in [1.165, 1.54) is 0 Å². The van der Waals surface area contributed by atoms with Crippen molar-refractivity contribution in [1.82, 2.24) is 10.6 Å². The summed E-state index contributed by atoms with van der Waals surface area (Å²) in [4.78, 5) is 33.1. The van der Waals surface area contributed by atoms with Crippen LogP contribution in [0.1, 0.15) is 40.5 Å². The van der Waals surface area contributed by atoms with Crippen molar-refractivity contribution < 1.29 is 19.5 Å². The van der Waals surface area contributed by atoms with Crippen molar-refractivity contribution in [3.05, 3.63) is 0 Å². The number of aliphatic carboxylic acids is 1. The third-order valence-electron chi connectivity index (χ3n) is 2.11. The van der Waals surface area contributed by atoms with E-state index in [9.17, 15) is 14.4 Å². The minimum atomic E-state index is -1.00. The lowest BCUT2D eigenvalue weighted by Crippen LogP contribution is -2.55. The SMILES string of the molecule is CC(C)(CC(N)=O)NC(=O)NC(C)(C)CC(=O)O. The van der Waals surface area contributed by atoms with Crippen LogP contribution in [-0.4, -0.2) is 34.1 Å². The molecule has 0 saturated carbocycles. The van der Waals surface area contributed by atoms with Gasteiger partial charge in [0.2, 0.25) is 5.91 Å². The zero-order valence-electron chi connectivity index (χ0n) is 11.2. The predicted octanol–water partition coefficient (Wildman–Crippen LogP) is 0.193. The number of rotatable bonds is 6. The van der Waals surface area contributed by atoms with E-state index in [0.717, 1.165) is 0 Å². The Kier molecular flexibility index (Phi) is 5.13. The number of carbonyl (C=O) groups is 3. The van der Waals surface area contributed by atoms with Crippen molar-refractivity contribution in [3.63, 3.8) is 0 Å². The standard InChI is InChI=1S/C11H21N3O4/c1-10(2,5-7(12)15)13-9(18)14-11(3,4)6-8(16)17/h5-6H2,1-4H3,(H2,12,15)(H,16,17)(H2,13,14,18). The van der Waals surface area contributed by atoms with Crippen LogP contribution in [0.25, 0.3) is 0 Å². The average molecular weight is 259 g/mol. The Morgan fingerprint density at radius 3 is 1.72 bits per heavy atom. The molecule has 0 aliphatic rings. The maximum Gasteiger partial charge on any atom is 0.315 e. The highest BCUT2D eigenvalue weighted by Crippen LogP contribution is 2.10. The molecule has 0 heterocycles. The molecule has 0 unspecified atom stereocenters. The van der Waals surface area contributed by atoms with Gasteiger partial charge in [0.05, 0.1) is 6.42 Å². The molecule has 18 heavy (non-hydrogen) atoms. The first-order valence-corrected chi connectivity index (χ1v) is 5.54. The highest BCUT2D eigenvalue weighted by atomic mass is 16.4. The lowest BCUT2D eigenvalue weighted by molar-refractivity contribution is -0.138. The van der Waals surface area contributed by atoms with E-state index < -0.39 is 29.0 Å². The summed E-state index contributed by atoms with van der Waals surface area (Å²) in [5, 5.41) is 13.8. The van der Waals surface area contributed by atoms with E-state index >= 15 is 0 Å². The molecule has 0 fully saturated rings. The van der Waals surface area contributed by atoms with E-state index in [4.69, 9.17) is 10.8 Å². The fourth-order valence-corrected chi connectivity index (χ4v) is 1.55. The Balaban J connectivity index is 4.42. The molecule has 0 aromatic carbocycles. The molecule has 0 bridgehead atoms. The Hall–Kier alpha value is -1.79. The second-order valence-corrected chi connectivity index (χ2v) is 5.56. The number of carbonyl (C=O) groups excluding carboxylic acids is 2. The van der Waals surface area contributed by atoms with E-state index in [2.05, 4.69) is 10.6 Å². The van der Waals surface area contributed by atoms with Gasteiger partial charge in [-0.15, -0.1) is 0 Å². The number of amides is 3. The lowest BCUT2D eigenvalue weighted by atomic mass is 9.99. The Morgan fingerprint density at radius 2 is 1.39 bits per heavy atom. The van der Waals surface area contributed by atoms with Crippen LogP contribution < -0.4 is 16.4 Å². The van der Waals surface area contributed by atoms with E-state index in [-0.39, 0.29) is 12.8 Å². The first-order chi connectivity index (χ1) is 7.93. The van der Waals surface area contributed by atoms with Crippen LogP contribution in [0, 0.1) is 0 Å². The summed E-state index contributed by atoms with van der Waals surface area (Å²) in [7, 11) is 0. The van der Waals surface area contributed by atoms with Crippen molar-refractivity contribution in [2.75, 3.05) is 0 Å². The summed E-state index contributed by atoms with van der Waals surface area (Å²) in [5.41, 5.74) is 3.40. The normalized spacial score (nSPS) is 11.8. The lowest BCUT2D eigenvalue weighted by Gasteiger charge is -2.29. The molecular weight excluding hydrogens is 238 g/mol. The minimum Gasteiger partial charge on any atom is -0.481 e. The van der Waals surface area contributed by atoms with Crippen LogP contribution in [-0.2, 0) is 9.59 Å². The summed E-state index contributed by atoms with van der Waals surface area (Å²) in [6.45, 7) is 6.51. The first kappa shape index (κ1) is 16.2. The summed E-state index contributed by atoms with van der Waals surface area (Å²) >= 11 is 0. The maximum absolute atomic E-state index is 11.7. The van der Waals surface area contributed by atoms with Crippen LogP contribution in [0.15, 0.2) is 0 Å². The highest BCUT2D eigenvalue weighted by Gasteiger charge is 2.28. The molecule has 0 aromatic rings. The van der Waals surface area contributed by atoms with Crippen molar-refractivity contribution in [2.45, 2.75) is 51.6 Å². The number of nitrogens with two attached hydrogens (primary N) is 1. The number of nitrogens with one attached hydrogen (secondary N) is 2. The molecular formula is C11H21N3O4. The Labute approximate surface area is 106 Å². The summed E-state index contributed by atoms with van der Waals surface area (Å²) in [5.74, 6) is -1.53. The zero-order valence-corrected chi connectivity index (χ0v) is 11.2. The number of carboxylic acids is 1. The average Bonchev–Trinajstić information content (AvgIpc) is 1.92. The molecule has 0 rings (SSSR count). The Morgan fingerprint density at radius 1 is 1.00 bits per heavy atom. The number of hydrogen-bond donors (Lipinski definition) is 4. The highest BCUT2D eigenvalue weighted by molar-refractivity contribution is 5.79. The second-order valence-electron chi connectivity index (χ2n) is 5.56. The number of hydrogen-bond acceptors (Lipinski definition) is 3. The molecule has 0 saturated heterocycles. The molecule has 3 amide bonds. The van der Waals surface area contributed by atoms with E-state index in [1.807, 2.05) is 0 Å². The van der Waals surface area contributed by atoms with Gasteiger partial charge in [-0.2, -0.15) is 0 Å². The first-order valence-electron chi connectivity index (χ1n) is 5.54. The fourth-order valence-electron chi connectivity index (χ4n) is 1.55. The molecule has 0 aliphatic carbocycles. The molecule has 5 N–H and O–H groups in total. The number of carboxylic acid groups (broad SMARTS) is 1. The third kappa shape index (κ3) is 7.48. The van der Waals surface area contributed by atoms with Gasteiger partial charge in [0, 0.05) is 17.5 Å². The minimum absolute atomic E-state index is 0.000219. The molecule has 0 aromatic heterocycles. The van der Waals surface area contributed by atoms with Gasteiger partial charge in [0.15, 0.2) is 0 Å². The van der Waals surface area contributed by atoms with Crippen molar-refractivity contribution >= 4 is 17.9 Å². The summed E-state index contributed by atoms with van der Waals surface area (Å²) < 4.78 is 0. The summed E-state index contributed by atoms with van der Waals surface area (Å²) in [6, 6.07) is -0.535. The van der Waals surface area contributed by atoms with Crippen molar-refractivity contribution in [3.8, 4) is 0 Å². The molecule has 0 spiro atoms. The smallest absolute Gasteiger partial charge is 0.315 e. The van der Waals surface area contributed by atoms with Crippen LogP contribution in [0.3, 0.4) is 0 Å². The molecule has 7 nitrogen and oxygen atoms in total. The summed E-state index contributed by atoms with van der Waals surface area (Å²) in [6.07, 6.45) is -0.198. The number of urea groups is 1. The van der Waals surface area contributed by atoms with Gasteiger partial charge < -0.3 is 21.5 Å². The largest absolute Gasteiger partial charge is 0.481 e. The van der Waals surface area contributed by atoms with Gasteiger partial charge in [0.25, 0.3) is 0 Å². The predicted molar refractivity (Wildman–Crippen MR) is 65.9 cm³/mol. The second kappa shape index (κ2) is 5.70. The molecule has 0 radical (unpaired) electrons. The van der Waals surface area contributed by atoms with Gasteiger partial charge in [-0.05, 0) is 27.7 Å². The van der Waals surface area contributed by atoms with Gasteiger partial charge in [-0.1, -0.05) is 0 Å². The van der Waals surface area contributed by atoms with E-state index in [0.29, 0.717) is 0 Å². The quantitative estimate of drug-likeness (QED) is 0.544. The molecule has 0 atom stereocenters. The topological polar surface area (TPSA) is 122 Å². The Bertz CT molecular complexity index is 318. The van der Waals surface area contributed by atoms with Gasteiger partial charge in [-0.3, -0.25) is 9.59 Å². The molecule has 7 heteroatoms. The zero-order chi connectivity index (χ0) is 14.6. The van der Waals surface area contributed by atoms with E-state index in [1.54, 1.807) is 27.7 Å². The molecule has 0 aliphatic heterocycles. The van der Waals surface area contributed by atoms with Crippen molar-refractivity contribution in [1.29, 1.82) is 0 Å². The van der Waals surface area contributed by atoms with Crippen LogP contribution in [0.4, 0.5) is 4.79 Å². The van der Waals surface area contributed by atoms with Gasteiger partial charge in [0.1, 0.15) is 0 Å².